The Morgan fingerprint density at radius 2 is 1.02 bits per heavy atom. The number of nitrogens with two attached hydrogens (primary N) is 1. The topological polar surface area (TPSA) is 51.8 Å². The van der Waals surface area contributed by atoms with Crippen LogP contribution in [0.2, 0.25) is 0 Å². The third-order valence-corrected chi connectivity index (χ3v) is 8.21. The van der Waals surface area contributed by atoms with Gasteiger partial charge in [0.1, 0.15) is 0 Å². The van der Waals surface area contributed by atoms with Crippen LogP contribution < -0.4 is 5.73 Å². The van der Waals surface area contributed by atoms with E-state index in [0.29, 0.717) is 5.82 Å². The third-order valence-electron chi connectivity index (χ3n) is 8.21. The lowest BCUT2D eigenvalue weighted by Crippen LogP contribution is -1.96. The summed E-state index contributed by atoms with van der Waals surface area (Å²) in [7, 11) is 0. The molecule has 0 bridgehead atoms. The van der Waals surface area contributed by atoms with Gasteiger partial charge in [-0.25, -0.2) is 9.97 Å². The molecule has 0 radical (unpaired) electrons. The molecule has 0 saturated carbocycles. The van der Waals surface area contributed by atoms with E-state index in [1.165, 1.54) is 27.1 Å². The molecule has 8 rings (SSSR count). The fraction of sp³-hybridized carbons (Fsp3) is 0. The van der Waals surface area contributed by atoms with Crippen molar-refractivity contribution < 1.29 is 0 Å². The fourth-order valence-corrected chi connectivity index (χ4v) is 6.02. The average molecular weight is 550 g/mol. The van der Waals surface area contributed by atoms with E-state index < -0.39 is 0 Å². The van der Waals surface area contributed by atoms with Crippen molar-refractivity contribution in [2.75, 3.05) is 5.73 Å². The van der Waals surface area contributed by atoms with Gasteiger partial charge in [0, 0.05) is 22.2 Å². The van der Waals surface area contributed by atoms with Crippen molar-refractivity contribution in [2.24, 2.45) is 0 Å². The van der Waals surface area contributed by atoms with Crippen molar-refractivity contribution in [3.8, 4) is 44.9 Å². The minimum atomic E-state index is 0.694. The minimum absolute atomic E-state index is 0.694. The van der Waals surface area contributed by atoms with Crippen LogP contribution in [-0.2, 0) is 0 Å². The van der Waals surface area contributed by atoms with Crippen LogP contribution in [0.4, 0.5) is 5.69 Å². The summed E-state index contributed by atoms with van der Waals surface area (Å²) in [4.78, 5) is 10.2. The molecule has 0 saturated heterocycles. The molecule has 0 fully saturated rings. The van der Waals surface area contributed by atoms with Gasteiger partial charge in [-0.1, -0.05) is 121 Å². The number of aromatic nitrogens is 2. The second-order valence-electron chi connectivity index (χ2n) is 10.9. The normalized spacial score (nSPS) is 11.3. The highest BCUT2D eigenvalue weighted by Gasteiger charge is 2.14. The Morgan fingerprint density at radius 3 is 1.81 bits per heavy atom. The number of hydrogen-bond donors (Lipinski definition) is 1. The fourth-order valence-electron chi connectivity index (χ4n) is 6.02. The van der Waals surface area contributed by atoms with Crippen LogP contribution in [0.3, 0.4) is 0 Å². The van der Waals surface area contributed by atoms with E-state index in [4.69, 9.17) is 15.7 Å². The van der Waals surface area contributed by atoms with Gasteiger partial charge < -0.3 is 5.73 Å². The van der Waals surface area contributed by atoms with Crippen LogP contribution in [0.1, 0.15) is 0 Å². The van der Waals surface area contributed by atoms with Crippen LogP contribution in [0.5, 0.6) is 0 Å². The molecule has 0 atom stereocenters. The summed E-state index contributed by atoms with van der Waals surface area (Å²) < 4.78 is 0. The summed E-state index contributed by atoms with van der Waals surface area (Å²) >= 11 is 0. The van der Waals surface area contributed by atoms with E-state index in [1.54, 1.807) is 0 Å². The molecule has 7 aromatic carbocycles. The summed E-state index contributed by atoms with van der Waals surface area (Å²) in [5.41, 5.74) is 15.2. The number of fused-ring (bicyclic) bond motifs is 4. The van der Waals surface area contributed by atoms with Gasteiger partial charge in [-0.15, -0.1) is 0 Å². The number of rotatable bonds is 4. The van der Waals surface area contributed by atoms with E-state index >= 15 is 0 Å². The first-order valence-corrected chi connectivity index (χ1v) is 14.5. The second kappa shape index (κ2) is 10.2. The van der Waals surface area contributed by atoms with E-state index in [2.05, 4.69) is 121 Å². The highest BCUT2D eigenvalue weighted by Crippen LogP contribution is 2.36. The summed E-state index contributed by atoms with van der Waals surface area (Å²) in [6.07, 6.45) is 0. The maximum atomic E-state index is 6.02. The SMILES string of the molecule is Nc1ccc(-c2nc(-c3ccc(-c4cc5ccccc5c5ccccc45)cc3)nc3cc(-c4ccccc4)ccc23)cc1. The molecule has 1 heterocycles. The van der Waals surface area contributed by atoms with Gasteiger partial charge in [0.25, 0.3) is 0 Å². The molecule has 0 aliphatic heterocycles. The van der Waals surface area contributed by atoms with Gasteiger partial charge >= 0.3 is 0 Å². The van der Waals surface area contributed by atoms with Gasteiger partial charge in [0.15, 0.2) is 5.82 Å². The zero-order valence-corrected chi connectivity index (χ0v) is 23.4. The molecular weight excluding hydrogens is 522 g/mol. The van der Waals surface area contributed by atoms with Crippen molar-refractivity contribution >= 4 is 38.1 Å². The number of benzene rings is 7. The highest BCUT2D eigenvalue weighted by atomic mass is 14.9. The molecule has 1 aromatic heterocycles. The number of hydrogen-bond acceptors (Lipinski definition) is 3. The maximum absolute atomic E-state index is 6.02. The number of nitrogen functional groups attached to an aromatic ring is 1. The van der Waals surface area contributed by atoms with E-state index in [1.807, 2.05) is 30.3 Å². The monoisotopic (exact) mass is 549 g/mol. The van der Waals surface area contributed by atoms with Gasteiger partial charge in [0.2, 0.25) is 0 Å². The molecule has 0 aliphatic carbocycles. The highest BCUT2D eigenvalue weighted by molar-refractivity contribution is 6.13. The lowest BCUT2D eigenvalue weighted by atomic mass is 9.93. The summed E-state index contributed by atoms with van der Waals surface area (Å²) in [5.74, 6) is 0.694. The van der Waals surface area contributed by atoms with Crippen LogP contribution in [0.25, 0.3) is 77.3 Å². The van der Waals surface area contributed by atoms with Crippen LogP contribution in [-0.4, -0.2) is 9.97 Å². The summed E-state index contributed by atoms with van der Waals surface area (Å²) in [5, 5.41) is 6.02. The predicted octanol–water partition coefficient (Wildman–Crippen LogP) is 10.2. The zero-order valence-electron chi connectivity index (χ0n) is 23.4. The van der Waals surface area contributed by atoms with Crippen molar-refractivity contribution in [3.05, 3.63) is 152 Å². The smallest absolute Gasteiger partial charge is 0.160 e. The lowest BCUT2D eigenvalue weighted by Gasteiger charge is -2.13. The lowest BCUT2D eigenvalue weighted by molar-refractivity contribution is 1.23. The van der Waals surface area contributed by atoms with Gasteiger partial charge in [-0.2, -0.15) is 0 Å². The van der Waals surface area contributed by atoms with E-state index in [0.717, 1.165) is 50.1 Å². The summed E-state index contributed by atoms with van der Waals surface area (Å²) in [6.45, 7) is 0. The Bertz CT molecular complexity index is 2270. The molecular formula is C40H27N3. The van der Waals surface area contributed by atoms with Crippen molar-refractivity contribution in [3.63, 3.8) is 0 Å². The number of nitrogens with zero attached hydrogens (tertiary/aromatic N) is 2. The first-order valence-electron chi connectivity index (χ1n) is 14.5. The van der Waals surface area contributed by atoms with Crippen LogP contribution in [0.15, 0.2) is 152 Å². The quantitative estimate of drug-likeness (QED) is 0.175. The standard InChI is InChI=1S/C40H27N3/c41-32-21-18-28(19-22-32)39-36-23-20-30(26-8-2-1-3-9-26)25-38(36)42-40(43-39)29-16-14-27(15-17-29)37-24-31-10-4-5-11-33(31)34-12-6-7-13-35(34)37/h1-25H,41H2. The molecule has 43 heavy (non-hydrogen) atoms. The number of anilines is 1. The third kappa shape index (κ3) is 4.48. The minimum Gasteiger partial charge on any atom is -0.399 e. The molecule has 0 spiro atoms. The molecule has 3 heteroatoms. The Hall–Kier alpha value is -5.80. The van der Waals surface area contributed by atoms with Gasteiger partial charge in [0.05, 0.1) is 11.2 Å². The van der Waals surface area contributed by atoms with E-state index in [9.17, 15) is 0 Å². The Balaban J connectivity index is 1.28. The molecule has 0 aliphatic rings. The molecule has 0 amide bonds. The Labute approximate surface area is 249 Å². The van der Waals surface area contributed by atoms with Crippen LogP contribution in [0, 0.1) is 0 Å². The Kier molecular flexibility index (Phi) is 5.94. The second-order valence-corrected chi connectivity index (χ2v) is 10.9. The van der Waals surface area contributed by atoms with Crippen LogP contribution >= 0.6 is 0 Å². The molecule has 0 unspecified atom stereocenters. The van der Waals surface area contributed by atoms with Gasteiger partial charge in [-0.05, 0) is 74.1 Å². The largest absolute Gasteiger partial charge is 0.399 e. The summed E-state index contributed by atoms with van der Waals surface area (Å²) in [6, 6.07) is 52.9. The van der Waals surface area contributed by atoms with E-state index in [-0.39, 0.29) is 0 Å². The predicted molar refractivity (Wildman–Crippen MR) is 181 cm³/mol. The molecule has 3 nitrogen and oxygen atoms in total. The average Bonchev–Trinajstić information content (AvgIpc) is 3.08. The maximum Gasteiger partial charge on any atom is 0.160 e. The van der Waals surface area contributed by atoms with Gasteiger partial charge in [-0.3, -0.25) is 0 Å². The zero-order chi connectivity index (χ0) is 28.8. The Morgan fingerprint density at radius 1 is 0.395 bits per heavy atom. The van der Waals surface area contributed by atoms with Crippen molar-refractivity contribution in [1.82, 2.24) is 9.97 Å². The first-order chi connectivity index (χ1) is 21.2. The molecule has 2 N–H and O–H groups in total. The molecule has 8 aromatic rings. The molecule has 202 valence electrons. The van der Waals surface area contributed by atoms with Crippen molar-refractivity contribution in [2.45, 2.75) is 0 Å². The first kappa shape index (κ1) is 25.0. The van der Waals surface area contributed by atoms with Crippen molar-refractivity contribution in [1.29, 1.82) is 0 Å².